The van der Waals surface area contributed by atoms with Crippen molar-refractivity contribution in [3.05, 3.63) is 253 Å². The highest BCUT2D eigenvalue weighted by Crippen LogP contribution is 2.68. The number of nitrogens with zero attached hydrogens (tertiary/aromatic N) is 2. The van der Waals surface area contributed by atoms with Gasteiger partial charge >= 0.3 is 0 Å². The first-order chi connectivity index (χ1) is 32.3. The lowest BCUT2D eigenvalue weighted by Crippen LogP contribution is -2.26. The third kappa shape index (κ3) is 5.00. The van der Waals surface area contributed by atoms with Gasteiger partial charge in [0, 0.05) is 64.8 Å². The standard InChI is InChI=1S/C61H38N2OS/c1-5-21-39(22-6-1)62(40-23-7-2-8-24-40)51-37-50-58(60-55(51)46-32-16-20-36-54(46)65-60)57-49(61(50)47-33-17-13-29-43(47)44-30-14-18-34-48(44)61)38-52(59-56(57)45-31-15-19-35-53(45)64-59)63(41-25-9-3-10-26-41)42-27-11-4-12-28-42/h1-38H. The molecule has 0 N–H and O–H groups in total. The summed E-state index contributed by atoms with van der Waals surface area (Å²) in [5.41, 5.74) is 17.8. The van der Waals surface area contributed by atoms with E-state index >= 15 is 0 Å². The molecule has 65 heavy (non-hydrogen) atoms. The van der Waals surface area contributed by atoms with E-state index < -0.39 is 5.41 Å². The number of fused-ring (bicyclic) bond motifs is 18. The highest BCUT2D eigenvalue weighted by molar-refractivity contribution is 7.26. The van der Waals surface area contributed by atoms with Gasteiger partial charge in [-0.1, -0.05) is 158 Å². The fraction of sp³-hybridized carbons (Fsp3) is 0.0164. The molecule has 0 amide bonds. The molecule has 0 unspecified atom stereocenters. The molecule has 0 radical (unpaired) electrons. The summed E-state index contributed by atoms with van der Waals surface area (Å²) in [6, 6.07) is 84.2. The lowest BCUT2D eigenvalue weighted by atomic mass is 9.70. The average molecular weight is 847 g/mol. The summed E-state index contributed by atoms with van der Waals surface area (Å²) < 4.78 is 9.78. The van der Waals surface area contributed by atoms with E-state index in [9.17, 15) is 0 Å². The van der Waals surface area contributed by atoms with Gasteiger partial charge < -0.3 is 14.2 Å². The van der Waals surface area contributed by atoms with E-state index in [-0.39, 0.29) is 0 Å². The minimum Gasteiger partial charge on any atom is -0.454 e. The molecule has 2 heterocycles. The molecule has 0 fully saturated rings. The molecule has 2 aromatic heterocycles. The topological polar surface area (TPSA) is 19.6 Å². The van der Waals surface area contributed by atoms with E-state index in [0.717, 1.165) is 56.1 Å². The molecule has 0 saturated carbocycles. The van der Waals surface area contributed by atoms with Gasteiger partial charge in [0.2, 0.25) is 0 Å². The van der Waals surface area contributed by atoms with Crippen LogP contribution in [0.15, 0.2) is 235 Å². The predicted octanol–water partition coefficient (Wildman–Crippen LogP) is 17.2. The van der Waals surface area contributed by atoms with Crippen LogP contribution in [0.25, 0.3) is 64.4 Å². The van der Waals surface area contributed by atoms with Crippen LogP contribution < -0.4 is 9.80 Å². The van der Waals surface area contributed by atoms with Gasteiger partial charge in [0.25, 0.3) is 0 Å². The van der Waals surface area contributed by atoms with Gasteiger partial charge in [-0.05, 0) is 106 Å². The second-order valence-corrected chi connectivity index (χ2v) is 18.1. The molecule has 14 rings (SSSR count). The molecule has 0 saturated heterocycles. The first-order valence-electron chi connectivity index (χ1n) is 22.3. The monoisotopic (exact) mass is 846 g/mol. The van der Waals surface area contributed by atoms with Crippen LogP contribution in [0.3, 0.4) is 0 Å². The van der Waals surface area contributed by atoms with E-state index in [2.05, 4.69) is 240 Å². The van der Waals surface area contributed by atoms with Crippen LogP contribution in [0.4, 0.5) is 34.1 Å². The Morgan fingerprint density at radius 2 is 0.815 bits per heavy atom. The summed E-state index contributed by atoms with van der Waals surface area (Å²) in [4.78, 5) is 4.87. The summed E-state index contributed by atoms with van der Waals surface area (Å²) in [7, 11) is 0. The van der Waals surface area contributed by atoms with Crippen molar-refractivity contribution in [2.24, 2.45) is 0 Å². The lowest BCUT2D eigenvalue weighted by Gasteiger charge is -2.33. The zero-order valence-corrected chi connectivity index (χ0v) is 36.0. The molecule has 1 spiro atoms. The van der Waals surface area contributed by atoms with Crippen molar-refractivity contribution in [1.29, 1.82) is 0 Å². The van der Waals surface area contributed by atoms with E-state index in [4.69, 9.17) is 4.42 Å². The SMILES string of the molecule is c1ccc(N(c2ccccc2)c2cc3c(c4c2oc2ccccc24)-c2c(cc(N(c4ccccc4)c4ccccc4)c4c2sc2ccccc24)C32c3ccccc3-c3ccccc32)cc1. The van der Waals surface area contributed by atoms with Crippen molar-refractivity contribution < 1.29 is 4.42 Å². The van der Waals surface area contributed by atoms with Crippen LogP contribution in [0.5, 0.6) is 0 Å². The van der Waals surface area contributed by atoms with Crippen LogP contribution in [-0.4, -0.2) is 0 Å². The first-order valence-corrected chi connectivity index (χ1v) is 23.1. The number of hydrogen-bond donors (Lipinski definition) is 0. The largest absolute Gasteiger partial charge is 0.454 e. The van der Waals surface area contributed by atoms with Crippen molar-refractivity contribution in [1.82, 2.24) is 0 Å². The van der Waals surface area contributed by atoms with Crippen molar-refractivity contribution in [2.75, 3.05) is 9.80 Å². The minimum atomic E-state index is -0.684. The van der Waals surface area contributed by atoms with Crippen LogP contribution in [0, 0.1) is 0 Å². The molecule has 4 heteroatoms. The Hall–Kier alpha value is -8.18. The zero-order chi connectivity index (χ0) is 42.6. The van der Waals surface area contributed by atoms with Gasteiger partial charge in [-0.3, -0.25) is 0 Å². The summed E-state index contributed by atoms with van der Waals surface area (Å²) >= 11 is 1.91. The second kappa shape index (κ2) is 13.9. The Balaban J connectivity index is 1.23. The van der Waals surface area contributed by atoms with Crippen molar-refractivity contribution >= 4 is 87.6 Å². The molecular formula is C61H38N2OS. The minimum absolute atomic E-state index is 0.684. The zero-order valence-electron chi connectivity index (χ0n) is 35.2. The maximum atomic E-state index is 7.24. The quantitative estimate of drug-likeness (QED) is 0.166. The number of benzene rings is 10. The van der Waals surface area contributed by atoms with Crippen molar-refractivity contribution in [3.8, 4) is 22.3 Å². The van der Waals surface area contributed by atoms with Gasteiger partial charge in [-0.25, -0.2) is 0 Å². The Kier molecular flexibility index (Phi) is 7.77. The summed E-state index contributed by atoms with van der Waals surface area (Å²) in [5.74, 6) is 0. The van der Waals surface area contributed by atoms with Crippen LogP contribution >= 0.6 is 11.3 Å². The van der Waals surface area contributed by atoms with Gasteiger partial charge in [0.15, 0.2) is 5.58 Å². The van der Waals surface area contributed by atoms with E-state index in [1.54, 1.807) is 0 Å². The number of hydrogen-bond acceptors (Lipinski definition) is 4. The Bertz CT molecular complexity index is 3710. The lowest BCUT2D eigenvalue weighted by molar-refractivity contribution is 0.668. The number of rotatable bonds is 6. The summed E-state index contributed by atoms with van der Waals surface area (Å²) in [5, 5.41) is 4.75. The number of furan rings is 1. The number of anilines is 6. The Morgan fingerprint density at radius 1 is 0.369 bits per heavy atom. The van der Waals surface area contributed by atoms with Gasteiger partial charge in [0.05, 0.1) is 16.8 Å². The molecule has 3 nitrogen and oxygen atoms in total. The molecule has 0 atom stereocenters. The van der Waals surface area contributed by atoms with Crippen molar-refractivity contribution in [3.63, 3.8) is 0 Å². The Morgan fingerprint density at radius 3 is 1.40 bits per heavy atom. The third-order valence-corrected chi connectivity index (χ3v) is 15.0. The van der Waals surface area contributed by atoms with Crippen LogP contribution in [-0.2, 0) is 5.41 Å². The Labute approximate surface area is 380 Å². The molecule has 2 aliphatic rings. The summed E-state index contributed by atoms with van der Waals surface area (Å²) in [6.07, 6.45) is 0. The van der Waals surface area contributed by atoms with Gasteiger partial charge in [0.1, 0.15) is 5.58 Å². The van der Waals surface area contributed by atoms with Crippen LogP contribution in [0.1, 0.15) is 22.3 Å². The second-order valence-electron chi connectivity index (χ2n) is 17.1. The number of thiophene rings is 1. The highest BCUT2D eigenvalue weighted by atomic mass is 32.1. The summed E-state index contributed by atoms with van der Waals surface area (Å²) in [6.45, 7) is 0. The number of para-hydroxylation sites is 5. The fourth-order valence-corrected chi connectivity index (χ4v) is 12.6. The third-order valence-electron chi connectivity index (χ3n) is 13.8. The fourth-order valence-electron chi connectivity index (χ4n) is 11.3. The normalized spacial score (nSPS) is 13.0. The van der Waals surface area contributed by atoms with Crippen LogP contribution in [0.2, 0.25) is 0 Å². The predicted molar refractivity (Wildman–Crippen MR) is 272 cm³/mol. The molecule has 304 valence electrons. The van der Waals surface area contributed by atoms with Crippen molar-refractivity contribution in [2.45, 2.75) is 5.41 Å². The molecule has 12 aromatic rings. The van der Waals surface area contributed by atoms with Gasteiger partial charge in [-0.15, -0.1) is 11.3 Å². The smallest absolute Gasteiger partial charge is 0.160 e. The van der Waals surface area contributed by atoms with E-state index in [1.807, 2.05) is 11.3 Å². The first kappa shape index (κ1) is 36.3. The van der Waals surface area contributed by atoms with E-state index in [0.29, 0.717) is 0 Å². The maximum Gasteiger partial charge on any atom is 0.160 e. The average Bonchev–Trinajstić information content (AvgIpc) is 4.11. The highest BCUT2D eigenvalue weighted by Gasteiger charge is 2.54. The molecule has 0 aliphatic heterocycles. The molecule has 10 aromatic carbocycles. The van der Waals surface area contributed by atoms with Gasteiger partial charge in [-0.2, -0.15) is 0 Å². The molecule has 2 aliphatic carbocycles. The van der Waals surface area contributed by atoms with E-state index in [1.165, 1.54) is 64.7 Å². The molecule has 0 bridgehead atoms. The molecular weight excluding hydrogens is 809 g/mol. The maximum absolute atomic E-state index is 7.24.